The normalized spacial score (nSPS) is 15.2. The average Bonchev–Trinajstić information content (AvgIpc) is 3.39. The molecule has 3 aromatic rings. The predicted octanol–water partition coefficient (Wildman–Crippen LogP) is 5.61. The highest BCUT2D eigenvalue weighted by molar-refractivity contribution is 6.04. The molecule has 5 rings (SSSR count). The number of benzene rings is 3. The Morgan fingerprint density at radius 3 is 2.50 bits per heavy atom. The van der Waals surface area contributed by atoms with Gasteiger partial charge in [-0.3, -0.25) is 4.79 Å². The van der Waals surface area contributed by atoms with Crippen LogP contribution in [0.25, 0.3) is 11.1 Å². The molecule has 40 heavy (non-hydrogen) atoms. The van der Waals surface area contributed by atoms with Gasteiger partial charge in [-0.15, -0.1) is 0 Å². The Morgan fingerprint density at radius 1 is 0.900 bits per heavy atom. The summed E-state index contributed by atoms with van der Waals surface area (Å²) < 4.78 is 28.9. The Kier molecular flexibility index (Phi) is 9.31. The number of hydrogen-bond acceptors (Lipinski definition) is 7. The van der Waals surface area contributed by atoms with Crippen LogP contribution in [0.5, 0.6) is 17.2 Å². The molecule has 8 nitrogen and oxygen atoms in total. The van der Waals surface area contributed by atoms with E-state index in [9.17, 15) is 4.79 Å². The third-order valence-corrected chi connectivity index (χ3v) is 6.70. The summed E-state index contributed by atoms with van der Waals surface area (Å²) in [6.07, 6.45) is 1.99. The molecule has 0 saturated heterocycles. The van der Waals surface area contributed by atoms with Crippen molar-refractivity contribution in [1.29, 1.82) is 0 Å². The number of nitrogens with zero attached hydrogens (tertiary/aromatic N) is 1. The van der Waals surface area contributed by atoms with Crippen molar-refractivity contribution in [3.8, 4) is 28.4 Å². The van der Waals surface area contributed by atoms with E-state index >= 15 is 0 Å². The lowest BCUT2D eigenvalue weighted by Crippen LogP contribution is -2.28. The molecule has 0 aliphatic carbocycles. The number of aliphatic imine (C=N–C) groups is 1. The smallest absolute Gasteiger partial charge is 0.264 e. The monoisotopic (exact) mass is 544 g/mol. The number of ether oxygens (including phenoxy) is 5. The molecule has 2 aliphatic rings. The minimum Gasteiger partial charge on any atom is -0.485 e. The number of rotatable bonds is 13. The lowest BCUT2D eigenvalue weighted by atomic mass is 10.0. The number of fused-ring (bicyclic) bond motifs is 2. The fourth-order valence-electron chi connectivity index (χ4n) is 4.50. The van der Waals surface area contributed by atoms with E-state index in [1.54, 1.807) is 0 Å². The molecule has 3 aromatic carbocycles. The molecular formula is C32H36N2O6. The minimum atomic E-state index is -0.499. The molecule has 2 heterocycles. The van der Waals surface area contributed by atoms with Crippen molar-refractivity contribution in [2.75, 3.05) is 39.6 Å². The lowest BCUT2D eigenvalue weighted by molar-refractivity contribution is -0.121. The van der Waals surface area contributed by atoms with E-state index < -0.39 is 6.29 Å². The summed E-state index contributed by atoms with van der Waals surface area (Å²) in [5, 5.41) is 2.85. The van der Waals surface area contributed by atoms with Crippen LogP contribution >= 0.6 is 0 Å². The molecule has 0 fully saturated rings. The molecule has 210 valence electrons. The summed E-state index contributed by atoms with van der Waals surface area (Å²) in [7, 11) is 0. The van der Waals surface area contributed by atoms with Gasteiger partial charge in [0.1, 0.15) is 24.7 Å². The van der Waals surface area contributed by atoms with E-state index in [0.717, 1.165) is 52.2 Å². The lowest BCUT2D eigenvalue weighted by Gasteiger charge is -2.17. The molecular weight excluding hydrogens is 508 g/mol. The first-order chi connectivity index (χ1) is 19.6. The maximum atomic E-state index is 11.6. The fraction of sp³-hybridized carbons (Fsp3) is 0.375. The SMILES string of the molecule is CCCCC(=O)NCCOCCOCC1Oc2ccc(-c3ccc(C4=Nc5cc(C)ccc5OC4)cc3)cc2O1. The second-order valence-electron chi connectivity index (χ2n) is 9.86. The number of amides is 1. The molecule has 1 atom stereocenters. The van der Waals surface area contributed by atoms with Crippen LogP contribution in [0.3, 0.4) is 0 Å². The van der Waals surface area contributed by atoms with Crippen LogP contribution in [0, 0.1) is 6.92 Å². The fourth-order valence-corrected chi connectivity index (χ4v) is 4.50. The van der Waals surface area contributed by atoms with Gasteiger partial charge in [0.25, 0.3) is 6.29 Å². The van der Waals surface area contributed by atoms with Gasteiger partial charge >= 0.3 is 0 Å². The van der Waals surface area contributed by atoms with Crippen molar-refractivity contribution < 1.29 is 28.5 Å². The Balaban J connectivity index is 1.06. The van der Waals surface area contributed by atoms with Crippen molar-refractivity contribution in [2.45, 2.75) is 39.4 Å². The summed E-state index contributed by atoms with van der Waals surface area (Å²) in [6.45, 7) is 6.69. The summed E-state index contributed by atoms with van der Waals surface area (Å²) in [6, 6.07) is 20.3. The molecule has 0 saturated carbocycles. The zero-order chi connectivity index (χ0) is 27.7. The van der Waals surface area contributed by atoms with Gasteiger partial charge in [-0.25, -0.2) is 4.99 Å². The van der Waals surface area contributed by atoms with E-state index in [-0.39, 0.29) is 5.91 Å². The number of carbonyl (C=O) groups is 1. The highest BCUT2D eigenvalue weighted by Crippen LogP contribution is 2.38. The molecule has 1 N–H and O–H groups in total. The summed E-state index contributed by atoms with van der Waals surface area (Å²) >= 11 is 0. The zero-order valence-electron chi connectivity index (χ0n) is 23.1. The van der Waals surface area contributed by atoms with Crippen molar-refractivity contribution in [3.05, 3.63) is 71.8 Å². The van der Waals surface area contributed by atoms with Crippen molar-refractivity contribution >= 4 is 17.3 Å². The highest BCUT2D eigenvalue weighted by Gasteiger charge is 2.25. The van der Waals surface area contributed by atoms with Gasteiger partial charge in [0.05, 0.1) is 25.5 Å². The maximum absolute atomic E-state index is 11.6. The van der Waals surface area contributed by atoms with Crippen molar-refractivity contribution in [3.63, 3.8) is 0 Å². The summed E-state index contributed by atoms with van der Waals surface area (Å²) in [5.41, 5.74) is 6.09. The van der Waals surface area contributed by atoms with Crippen LogP contribution in [-0.4, -0.2) is 57.5 Å². The second kappa shape index (κ2) is 13.5. The standard InChI is InChI=1S/C32H36N2O6/c1-3-4-5-31(35)33-14-15-36-16-17-37-21-32-39-29-13-11-25(19-30(29)40-32)23-7-9-24(10-8-23)27-20-38-28-12-6-22(2)18-26(28)34-27/h6-13,18-19,32H,3-5,14-17,20-21H2,1-2H3,(H,33,35). The van der Waals surface area contributed by atoms with Crippen LogP contribution < -0.4 is 19.5 Å². The van der Waals surface area contributed by atoms with Crippen LogP contribution in [0.15, 0.2) is 65.7 Å². The highest BCUT2D eigenvalue weighted by atomic mass is 16.7. The average molecular weight is 545 g/mol. The van der Waals surface area contributed by atoms with Gasteiger partial charge in [-0.1, -0.05) is 49.7 Å². The van der Waals surface area contributed by atoms with Gasteiger partial charge in [0, 0.05) is 13.0 Å². The number of unbranched alkanes of at least 4 members (excludes halogenated alkanes) is 1. The van der Waals surface area contributed by atoms with E-state index in [4.69, 9.17) is 28.7 Å². The Morgan fingerprint density at radius 2 is 1.65 bits per heavy atom. The van der Waals surface area contributed by atoms with Gasteiger partial charge in [-0.05, 0) is 59.9 Å². The van der Waals surface area contributed by atoms with Crippen molar-refractivity contribution in [1.82, 2.24) is 5.32 Å². The van der Waals surface area contributed by atoms with E-state index in [1.165, 1.54) is 0 Å². The molecule has 8 heteroatoms. The van der Waals surface area contributed by atoms with E-state index in [2.05, 4.69) is 43.4 Å². The predicted molar refractivity (Wildman–Crippen MR) is 154 cm³/mol. The molecule has 0 bridgehead atoms. The largest absolute Gasteiger partial charge is 0.485 e. The Labute approximate surface area is 235 Å². The maximum Gasteiger partial charge on any atom is 0.264 e. The second-order valence-corrected chi connectivity index (χ2v) is 9.86. The Bertz CT molecular complexity index is 1340. The first-order valence-electron chi connectivity index (χ1n) is 13.9. The first kappa shape index (κ1) is 27.7. The van der Waals surface area contributed by atoms with Gasteiger partial charge < -0.3 is 29.0 Å². The zero-order valence-corrected chi connectivity index (χ0v) is 23.1. The third-order valence-electron chi connectivity index (χ3n) is 6.70. The summed E-state index contributed by atoms with van der Waals surface area (Å²) in [5.74, 6) is 2.29. The van der Waals surface area contributed by atoms with Gasteiger partial charge in [-0.2, -0.15) is 0 Å². The van der Waals surface area contributed by atoms with Crippen LogP contribution in [0.1, 0.15) is 37.3 Å². The van der Waals surface area contributed by atoms with Crippen LogP contribution in [-0.2, 0) is 14.3 Å². The molecule has 0 spiro atoms. The van der Waals surface area contributed by atoms with E-state index in [0.29, 0.717) is 57.5 Å². The Hall–Kier alpha value is -3.88. The number of carbonyl (C=O) groups excluding carboxylic acids is 1. The quantitative estimate of drug-likeness (QED) is 0.282. The molecule has 0 radical (unpaired) electrons. The van der Waals surface area contributed by atoms with Crippen LogP contribution in [0.2, 0.25) is 0 Å². The molecule has 2 aliphatic heterocycles. The first-order valence-corrected chi connectivity index (χ1v) is 13.9. The third kappa shape index (κ3) is 7.20. The van der Waals surface area contributed by atoms with Crippen molar-refractivity contribution in [2.24, 2.45) is 4.99 Å². The van der Waals surface area contributed by atoms with E-state index in [1.807, 2.05) is 36.4 Å². The molecule has 0 aromatic heterocycles. The number of hydrogen-bond donors (Lipinski definition) is 1. The summed E-state index contributed by atoms with van der Waals surface area (Å²) in [4.78, 5) is 16.4. The van der Waals surface area contributed by atoms with Gasteiger partial charge in [0.15, 0.2) is 11.5 Å². The molecule has 1 amide bonds. The van der Waals surface area contributed by atoms with Crippen LogP contribution in [0.4, 0.5) is 5.69 Å². The molecule has 1 unspecified atom stereocenters. The number of aryl methyl sites for hydroxylation is 1. The topological polar surface area (TPSA) is 87.6 Å². The minimum absolute atomic E-state index is 0.0722. The van der Waals surface area contributed by atoms with Gasteiger partial charge in [0.2, 0.25) is 5.91 Å². The number of nitrogens with one attached hydrogen (secondary N) is 1.